The molecule has 0 fully saturated rings. The summed E-state index contributed by atoms with van der Waals surface area (Å²) < 4.78 is 10.8. The van der Waals surface area contributed by atoms with Crippen molar-refractivity contribution in [1.82, 2.24) is 0 Å². The molecule has 0 aliphatic rings. The zero-order chi connectivity index (χ0) is 59.1. The van der Waals surface area contributed by atoms with E-state index < -0.39 is 6.10 Å². The second-order valence-electron chi connectivity index (χ2n) is 26.1. The summed E-state index contributed by atoms with van der Waals surface area (Å²) in [6.45, 7) is 4.21. The number of ether oxygens (including phenoxy) is 2. The maximum atomic E-state index is 12.4. The summed E-state index contributed by atoms with van der Waals surface area (Å²) in [5.41, 5.74) is 0. The molecule has 0 aromatic rings. The maximum Gasteiger partial charge on any atom is 0.306 e. The number of aliphatic hydroxyl groups is 1. The van der Waals surface area contributed by atoms with E-state index in [1.165, 1.54) is 372 Å². The second-order valence-corrected chi connectivity index (χ2v) is 26.1. The first-order valence-corrected chi connectivity index (χ1v) is 37.9. The fourth-order valence-corrected chi connectivity index (χ4v) is 12.1. The normalized spacial score (nSPS) is 12.2. The van der Waals surface area contributed by atoms with E-state index in [-0.39, 0.29) is 25.2 Å². The molecule has 5 heteroatoms. The van der Waals surface area contributed by atoms with Crippen LogP contribution in [0.2, 0.25) is 0 Å². The van der Waals surface area contributed by atoms with Crippen molar-refractivity contribution in [3.8, 4) is 0 Å². The van der Waals surface area contributed by atoms with Crippen LogP contribution in [0.25, 0.3) is 0 Å². The number of carbonyl (C=O) groups is 2. The van der Waals surface area contributed by atoms with Gasteiger partial charge in [-0.15, -0.1) is 0 Å². The van der Waals surface area contributed by atoms with Gasteiger partial charge >= 0.3 is 11.9 Å². The third-order valence-electron chi connectivity index (χ3n) is 17.7. The van der Waals surface area contributed by atoms with Gasteiger partial charge in [-0.1, -0.05) is 404 Å². The van der Waals surface area contributed by atoms with Crippen LogP contribution in [-0.4, -0.2) is 36.4 Å². The van der Waals surface area contributed by atoms with Gasteiger partial charge in [0.2, 0.25) is 0 Å². The first-order chi connectivity index (χ1) is 40.6. The zero-order valence-electron chi connectivity index (χ0n) is 56.1. The molecule has 0 amide bonds. The molecule has 0 bridgehead atoms. The fourth-order valence-electron chi connectivity index (χ4n) is 12.1. The predicted octanol–water partition coefficient (Wildman–Crippen LogP) is 26.3. The highest BCUT2D eigenvalue weighted by Crippen LogP contribution is 2.20. The largest absolute Gasteiger partial charge is 0.462 e. The Morgan fingerprint density at radius 3 is 0.720 bits per heavy atom. The molecule has 0 aromatic heterocycles. The van der Waals surface area contributed by atoms with Crippen molar-refractivity contribution < 1.29 is 24.2 Å². The van der Waals surface area contributed by atoms with Crippen molar-refractivity contribution in [2.75, 3.05) is 13.2 Å². The molecule has 1 atom stereocenters. The SMILES string of the molecule is CCCCCCC/C=C\C/C=C\CCCCCCCCCCCCCCCCCCCCCCCC(=O)OC(CO)COC(=O)CCCCCCCCCCCCCCCCCCCCCCCCCCCCCCCCCCCCC. The van der Waals surface area contributed by atoms with Crippen LogP contribution in [0.5, 0.6) is 0 Å². The molecule has 0 heterocycles. The number of unbranched alkanes of at least 4 members (excludes halogenated alkanes) is 60. The minimum absolute atomic E-state index is 0.0574. The number of allylic oxidation sites excluding steroid dienone is 4. The first-order valence-electron chi connectivity index (χ1n) is 37.9. The quantitative estimate of drug-likeness (QED) is 0.0373. The summed E-state index contributed by atoms with van der Waals surface area (Å²) in [6, 6.07) is 0. The second kappa shape index (κ2) is 73.6. The standard InChI is InChI=1S/C77H148O5/c1-3-5-7-9-11-13-15-17-19-21-23-25-27-29-31-33-35-37-38-40-41-43-45-47-49-51-53-55-57-59-61-63-65-67-69-71-76(79)81-74-75(73-78)82-77(80)72-70-68-66-64-62-60-58-56-54-52-50-48-46-44-42-39-36-34-32-30-28-26-24-22-20-18-16-14-12-10-8-6-4-2/h16,18,22,24,75,78H,3-15,17,19-21,23,25-74H2,1-2H3/b18-16-,24-22-. The average Bonchev–Trinajstić information content (AvgIpc) is 3.49. The lowest BCUT2D eigenvalue weighted by Gasteiger charge is -2.15. The van der Waals surface area contributed by atoms with E-state index >= 15 is 0 Å². The molecule has 82 heavy (non-hydrogen) atoms. The average molecular weight is 1150 g/mol. The van der Waals surface area contributed by atoms with Gasteiger partial charge in [-0.05, 0) is 44.9 Å². The van der Waals surface area contributed by atoms with Crippen LogP contribution in [0.3, 0.4) is 0 Å². The summed E-state index contributed by atoms with van der Waals surface area (Å²) in [5.74, 6) is -0.561. The van der Waals surface area contributed by atoms with Gasteiger partial charge in [0.15, 0.2) is 6.10 Å². The topological polar surface area (TPSA) is 72.8 Å². The molecule has 0 saturated heterocycles. The summed E-state index contributed by atoms with van der Waals surface area (Å²) in [5, 5.41) is 9.72. The van der Waals surface area contributed by atoms with Gasteiger partial charge in [-0.25, -0.2) is 0 Å². The lowest BCUT2D eigenvalue weighted by atomic mass is 10.0. The summed E-state index contributed by atoms with van der Waals surface area (Å²) >= 11 is 0. The van der Waals surface area contributed by atoms with Crippen LogP contribution < -0.4 is 0 Å². The summed E-state index contributed by atoms with van der Waals surface area (Å²) in [7, 11) is 0. The van der Waals surface area contributed by atoms with Gasteiger partial charge in [0.1, 0.15) is 6.61 Å². The smallest absolute Gasteiger partial charge is 0.306 e. The predicted molar refractivity (Wildman–Crippen MR) is 362 cm³/mol. The van der Waals surface area contributed by atoms with Gasteiger partial charge in [0.05, 0.1) is 6.61 Å². The molecule has 486 valence electrons. The van der Waals surface area contributed by atoms with Crippen LogP contribution in [0.1, 0.15) is 438 Å². The van der Waals surface area contributed by atoms with Gasteiger partial charge < -0.3 is 14.6 Å². The molecule has 0 aliphatic carbocycles. The Hall–Kier alpha value is -1.62. The molecule has 0 radical (unpaired) electrons. The van der Waals surface area contributed by atoms with Crippen molar-refractivity contribution in [3.63, 3.8) is 0 Å². The molecule has 0 aromatic carbocycles. The Morgan fingerprint density at radius 1 is 0.280 bits per heavy atom. The Balaban J connectivity index is 3.35. The van der Waals surface area contributed by atoms with Crippen molar-refractivity contribution in [3.05, 3.63) is 24.3 Å². The number of hydrogen-bond acceptors (Lipinski definition) is 5. The van der Waals surface area contributed by atoms with Gasteiger partial charge in [-0.2, -0.15) is 0 Å². The van der Waals surface area contributed by atoms with Crippen LogP contribution in [0.15, 0.2) is 24.3 Å². The monoisotopic (exact) mass is 1150 g/mol. The zero-order valence-corrected chi connectivity index (χ0v) is 56.1. The van der Waals surface area contributed by atoms with Crippen molar-refractivity contribution >= 4 is 11.9 Å². The van der Waals surface area contributed by atoms with E-state index in [2.05, 4.69) is 38.2 Å². The van der Waals surface area contributed by atoms with E-state index in [0.29, 0.717) is 12.8 Å². The number of esters is 2. The van der Waals surface area contributed by atoms with E-state index in [4.69, 9.17) is 9.47 Å². The van der Waals surface area contributed by atoms with E-state index in [1.54, 1.807) is 0 Å². The third-order valence-corrected chi connectivity index (χ3v) is 17.7. The van der Waals surface area contributed by atoms with Crippen LogP contribution in [0, 0.1) is 0 Å². The van der Waals surface area contributed by atoms with E-state index in [9.17, 15) is 14.7 Å². The number of carbonyl (C=O) groups excluding carboxylic acids is 2. The van der Waals surface area contributed by atoms with Gasteiger partial charge in [-0.3, -0.25) is 9.59 Å². The van der Waals surface area contributed by atoms with E-state index in [0.717, 1.165) is 38.5 Å². The number of aliphatic hydroxyl groups excluding tert-OH is 1. The summed E-state index contributed by atoms with van der Waals surface area (Å²) in [4.78, 5) is 24.7. The van der Waals surface area contributed by atoms with Gasteiger partial charge in [0, 0.05) is 12.8 Å². The molecule has 0 saturated carbocycles. The minimum atomic E-state index is -0.769. The van der Waals surface area contributed by atoms with Crippen molar-refractivity contribution in [2.24, 2.45) is 0 Å². The number of rotatable bonds is 72. The lowest BCUT2D eigenvalue weighted by Crippen LogP contribution is -2.28. The molecule has 0 spiro atoms. The fraction of sp³-hybridized carbons (Fsp3) is 0.922. The Bertz CT molecular complexity index is 1260. The van der Waals surface area contributed by atoms with Crippen molar-refractivity contribution in [1.29, 1.82) is 0 Å². The van der Waals surface area contributed by atoms with E-state index in [1.807, 2.05) is 0 Å². The first kappa shape index (κ1) is 80.4. The highest BCUT2D eigenvalue weighted by molar-refractivity contribution is 5.70. The Morgan fingerprint density at radius 2 is 0.488 bits per heavy atom. The molecule has 1 unspecified atom stereocenters. The molecule has 0 rings (SSSR count). The van der Waals surface area contributed by atoms with Crippen LogP contribution >= 0.6 is 0 Å². The lowest BCUT2D eigenvalue weighted by molar-refractivity contribution is -0.161. The summed E-state index contributed by atoms with van der Waals surface area (Å²) in [6.07, 6.45) is 96.8. The molecular weight excluding hydrogens is 1000 g/mol. The highest BCUT2D eigenvalue weighted by Gasteiger charge is 2.16. The third kappa shape index (κ3) is 70.9. The Labute approximate surface area is 514 Å². The molecular formula is C77H148O5. The van der Waals surface area contributed by atoms with Gasteiger partial charge in [0.25, 0.3) is 0 Å². The minimum Gasteiger partial charge on any atom is -0.462 e. The number of hydrogen-bond donors (Lipinski definition) is 1. The Kier molecular flexibility index (Phi) is 72.2. The highest BCUT2D eigenvalue weighted by atomic mass is 16.6. The maximum absolute atomic E-state index is 12.4. The molecule has 0 aliphatic heterocycles. The molecule has 1 N–H and O–H groups in total. The van der Waals surface area contributed by atoms with Crippen LogP contribution in [0.4, 0.5) is 0 Å². The van der Waals surface area contributed by atoms with Crippen LogP contribution in [-0.2, 0) is 19.1 Å². The molecule has 5 nitrogen and oxygen atoms in total. The van der Waals surface area contributed by atoms with Crippen molar-refractivity contribution in [2.45, 2.75) is 444 Å².